The molecule has 2 aromatic heterocycles. The summed E-state index contributed by atoms with van der Waals surface area (Å²) in [6.07, 6.45) is 5.20. The first-order chi connectivity index (χ1) is 13.7. The zero-order valence-electron chi connectivity index (χ0n) is 15.7. The van der Waals surface area contributed by atoms with Crippen LogP contribution in [0, 0.1) is 0 Å². The topological polar surface area (TPSA) is 80.5 Å². The molecule has 28 heavy (non-hydrogen) atoms. The third kappa shape index (κ3) is 3.98. The lowest BCUT2D eigenvalue weighted by Gasteiger charge is -2.32. The number of benzene rings is 1. The maximum atomic E-state index is 12.6. The zero-order valence-corrected chi connectivity index (χ0v) is 15.7. The summed E-state index contributed by atoms with van der Waals surface area (Å²) in [5.74, 6) is 1.82. The highest BCUT2D eigenvalue weighted by Gasteiger charge is 2.27. The van der Waals surface area contributed by atoms with E-state index in [9.17, 15) is 4.79 Å². The van der Waals surface area contributed by atoms with E-state index >= 15 is 0 Å². The number of likely N-dealkylation sites (tertiary alicyclic amines) is 1. The molecule has 1 atom stereocenters. The third-order valence-electron chi connectivity index (χ3n) is 4.88. The van der Waals surface area contributed by atoms with Crippen LogP contribution in [0.1, 0.15) is 35.0 Å². The van der Waals surface area contributed by atoms with Crippen molar-refractivity contribution < 1.29 is 13.9 Å². The number of rotatable bonds is 5. The molecule has 0 radical (unpaired) electrons. The highest BCUT2D eigenvalue weighted by Crippen LogP contribution is 2.27. The van der Waals surface area contributed by atoms with Crippen LogP contribution in [0.15, 0.2) is 59.3 Å². The van der Waals surface area contributed by atoms with Crippen molar-refractivity contribution in [3.8, 4) is 5.75 Å². The number of ether oxygens (including phenoxy) is 1. The molecule has 0 saturated carbocycles. The van der Waals surface area contributed by atoms with Gasteiger partial charge in [0.2, 0.25) is 5.95 Å². The van der Waals surface area contributed by atoms with Gasteiger partial charge in [0, 0.05) is 30.9 Å². The fraction of sp³-hybridized carbons (Fsp3) is 0.286. The van der Waals surface area contributed by atoms with Gasteiger partial charge in [-0.3, -0.25) is 4.79 Å². The Morgan fingerprint density at radius 2 is 2.11 bits per heavy atom. The number of piperidine rings is 1. The number of anilines is 2. The molecule has 1 aliphatic heterocycles. The highest BCUT2D eigenvalue weighted by atomic mass is 16.5. The van der Waals surface area contributed by atoms with Crippen LogP contribution in [0.3, 0.4) is 0 Å². The molecular weight excluding hydrogens is 356 g/mol. The Morgan fingerprint density at radius 3 is 2.86 bits per heavy atom. The molecule has 3 heterocycles. The van der Waals surface area contributed by atoms with Crippen molar-refractivity contribution in [2.45, 2.75) is 18.8 Å². The van der Waals surface area contributed by atoms with Crippen LogP contribution in [0.5, 0.6) is 5.75 Å². The number of amides is 1. The highest BCUT2D eigenvalue weighted by molar-refractivity contribution is 5.91. The number of methoxy groups -OCH3 is 1. The van der Waals surface area contributed by atoms with Crippen LogP contribution >= 0.6 is 0 Å². The van der Waals surface area contributed by atoms with Crippen LogP contribution in [-0.4, -0.2) is 41.0 Å². The summed E-state index contributed by atoms with van der Waals surface area (Å²) in [7, 11) is 1.64. The monoisotopic (exact) mass is 378 g/mol. The molecular formula is C21H22N4O3. The van der Waals surface area contributed by atoms with Crippen molar-refractivity contribution in [1.29, 1.82) is 0 Å². The largest absolute Gasteiger partial charge is 0.497 e. The van der Waals surface area contributed by atoms with Crippen LogP contribution in [0.25, 0.3) is 0 Å². The SMILES string of the molecule is COc1ccc(Nc2nccc(C3CCCN(C(=O)c4ccco4)C3)n2)cc1. The van der Waals surface area contributed by atoms with Crippen LogP contribution in [-0.2, 0) is 0 Å². The van der Waals surface area contributed by atoms with Crippen molar-refractivity contribution in [3.63, 3.8) is 0 Å². The predicted octanol–water partition coefficient (Wildman–Crippen LogP) is 3.84. The first-order valence-corrected chi connectivity index (χ1v) is 9.30. The smallest absolute Gasteiger partial charge is 0.289 e. The van der Waals surface area contributed by atoms with Crippen molar-refractivity contribution in [2.75, 3.05) is 25.5 Å². The fourth-order valence-corrected chi connectivity index (χ4v) is 3.42. The molecule has 1 aromatic carbocycles. The molecule has 0 aliphatic carbocycles. The Kier molecular flexibility index (Phi) is 5.23. The maximum absolute atomic E-state index is 12.6. The van der Waals surface area contributed by atoms with Gasteiger partial charge in [0.1, 0.15) is 5.75 Å². The van der Waals surface area contributed by atoms with E-state index in [2.05, 4.69) is 15.3 Å². The predicted molar refractivity (Wildman–Crippen MR) is 105 cm³/mol. The normalized spacial score (nSPS) is 16.6. The number of nitrogens with zero attached hydrogens (tertiary/aromatic N) is 3. The van der Waals surface area contributed by atoms with E-state index in [1.807, 2.05) is 35.2 Å². The molecule has 4 rings (SSSR count). The molecule has 0 spiro atoms. The van der Waals surface area contributed by atoms with Gasteiger partial charge in [-0.05, 0) is 55.3 Å². The zero-order chi connectivity index (χ0) is 19.3. The number of aromatic nitrogens is 2. The van der Waals surface area contributed by atoms with Gasteiger partial charge in [0.05, 0.1) is 19.1 Å². The number of carbonyl (C=O) groups is 1. The fourth-order valence-electron chi connectivity index (χ4n) is 3.42. The van der Waals surface area contributed by atoms with Crippen LogP contribution in [0.2, 0.25) is 0 Å². The molecule has 7 nitrogen and oxygen atoms in total. The minimum atomic E-state index is -0.0691. The molecule has 1 amide bonds. The molecule has 7 heteroatoms. The average Bonchev–Trinajstić information content (AvgIpc) is 3.29. The molecule has 0 bridgehead atoms. The standard InChI is InChI=1S/C21H22N4O3/c1-27-17-8-6-16(7-9-17)23-21-22-11-10-18(24-21)15-4-2-12-25(14-15)20(26)19-5-3-13-28-19/h3,5-11,13,15H,2,4,12,14H2,1H3,(H,22,23,24). The van der Waals surface area contributed by atoms with Gasteiger partial charge in [-0.1, -0.05) is 0 Å². The summed E-state index contributed by atoms with van der Waals surface area (Å²) < 4.78 is 10.4. The van der Waals surface area contributed by atoms with Crippen molar-refractivity contribution >= 4 is 17.5 Å². The van der Waals surface area contributed by atoms with Gasteiger partial charge in [-0.15, -0.1) is 0 Å². The van der Waals surface area contributed by atoms with Gasteiger partial charge in [-0.25, -0.2) is 9.97 Å². The molecule has 1 unspecified atom stereocenters. The Bertz CT molecular complexity index is 925. The van der Waals surface area contributed by atoms with Gasteiger partial charge >= 0.3 is 0 Å². The lowest BCUT2D eigenvalue weighted by Crippen LogP contribution is -2.39. The van der Waals surface area contributed by atoms with E-state index in [0.717, 1.165) is 36.5 Å². The Labute approximate surface area is 163 Å². The summed E-state index contributed by atoms with van der Waals surface area (Å²) in [5, 5.41) is 3.22. The summed E-state index contributed by atoms with van der Waals surface area (Å²) in [5.41, 5.74) is 1.82. The summed E-state index contributed by atoms with van der Waals surface area (Å²) in [4.78, 5) is 23.4. The van der Waals surface area contributed by atoms with Gasteiger partial charge in [-0.2, -0.15) is 0 Å². The summed E-state index contributed by atoms with van der Waals surface area (Å²) in [6, 6.07) is 12.9. The van der Waals surface area contributed by atoms with E-state index in [4.69, 9.17) is 9.15 Å². The third-order valence-corrected chi connectivity index (χ3v) is 4.88. The van der Waals surface area contributed by atoms with Gasteiger partial charge in [0.15, 0.2) is 5.76 Å². The summed E-state index contributed by atoms with van der Waals surface area (Å²) in [6.45, 7) is 1.36. The maximum Gasteiger partial charge on any atom is 0.289 e. The molecule has 3 aromatic rings. The van der Waals surface area contributed by atoms with Crippen LogP contribution in [0.4, 0.5) is 11.6 Å². The van der Waals surface area contributed by atoms with E-state index in [-0.39, 0.29) is 11.8 Å². The van der Waals surface area contributed by atoms with Gasteiger partial charge in [0.25, 0.3) is 5.91 Å². The minimum Gasteiger partial charge on any atom is -0.497 e. The lowest BCUT2D eigenvalue weighted by molar-refractivity contribution is 0.0673. The van der Waals surface area contributed by atoms with E-state index in [1.165, 1.54) is 6.26 Å². The van der Waals surface area contributed by atoms with E-state index < -0.39 is 0 Å². The molecule has 1 aliphatic rings. The Hall–Kier alpha value is -3.35. The number of carbonyl (C=O) groups excluding carboxylic acids is 1. The number of hydrogen-bond donors (Lipinski definition) is 1. The minimum absolute atomic E-state index is 0.0691. The van der Waals surface area contributed by atoms with E-state index in [1.54, 1.807) is 25.4 Å². The number of furan rings is 1. The molecule has 1 N–H and O–H groups in total. The molecule has 1 fully saturated rings. The Morgan fingerprint density at radius 1 is 1.25 bits per heavy atom. The Balaban J connectivity index is 1.46. The molecule has 1 saturated heterocycles. The summed E-state index contributed by atoms with van der Waals surface area (Å²) >= 11 is 0. The van der Waals surface area contributed by atoms with E-state index in [0.29, 0.717) is 18.3 Å². The average molecular weight is 378 g/mol. The quantitative estimate of drug-likeness (QED) is 0.726. The second-order valence-electron chi connectivity index (χ2n) is 6.73. The second-order valence-corrected chi connectivity index (χ2v) is 6.73. The van der Waals surface area contributed by atoms with Crippen molar-refractivity contribution in [1.82, 2.24) is 14.9 Å². The number of hydrogen-bond acceptors (Lipinski definition) is 6. The van der Waals surface area contributed by atoms with Crippen molar-refractivity contribution in [2.24, 2.45) is 0 Å². The van der Waals surface area contributed by atoms with Gasteiger partial charge < -0.3 is 19.4 Å². The molecule has 144 valence electrons. The first kappa shape index (κ1) is 18.0. The van der Waals surface area contributed by atoms with Crippen molar-refractivity contribution in [3.05, 3.63) is 66.4 Å². The lowest BCUT2D eigenvalue weighted by atomic mass is 9.94. The first-order valence-electron chi connectivity index (χ1n) is 9.30. The number of nitrogens with one attached hydrogen (secondary N) is 1. The second kappa shape index (κ2) is 8.12. The van der Waals surface area contributed by atoms with Crippen LogP contribution < -0.4 is 10.1 Å².